The highest BCUT2D eigenvalue weighted by molar-refractivity contribution is 5.85. The zero-order chi connectivity index (χ0) is 14.0. The number of likely N-dealkylation sites (tertiary alicyclic amines) is 1. The van der Waals surface area contributed by atoms with E-state index in [1.807, 2.05) is 6.92 Å². The first-order valence-electron chi connectivity index (χ1n) is 6.98. The predicted molar refractivity (Wildman–Crippen MR) is 77.3 cm³/mol. The summed E-state index contributed by atoms with van der Waals surface area (Å²) in [5.41, 5.74) is 10.9. The highest BCUT2D eigenvalue weighted by Gasteiger charge is 2.38. The van der Waals surface area contributed by atoms with Crippen molar-refractivity contribution in [1.29, 1.82) is 0 Å². The molecule has 6 nitrogen and oxygen atoms in total. The van der Waals surface area contributed by atoms with Crippen molar-refractivity contribution in [2.45, 2.75) is 50.9 Å². The summed E-state index contributed by atoms with van der Waals surface area (Å²) in [7, 11) is 0. The van der Waals surface area contributed by atoms with E-state index in [1.54, 1.807) is 4.90 Å². The Labute approximate surface area is 125 Å². The first-order valence-corrected chi connectivity index (χ1v) is 6.98. The lowest BCUT2D eigenvalue weighted by Gasteiger charge is -2.38. The molecule has 2 saturated heterocycles. The molecule has 7 heteroatoms. The normalized spacial score (nSPS) is 33.6. The highest BCUT2D eigenvalue weighted by atomic mass is 35.5. The smallest absolute Gasteiger partial charge is 0.251 e. The molecule has 2 rings (SSSR count). The molecule has 0 saturated carbocycles. The van der Waals surface area contributed by atoms with Crippen LogP contribution in [0.5, 0.6) is 0 Å². The number of carbonyl (C=O) groups is 2. The van der Waals surface area contributed by atoms with Gasteiger partial charge in [0, 0.05) is 19.1 Å². The zero-order valence-corrected chi connectivity index (χ0v) is 12.6. The van der Waals surface area contributed by atoms with Crippen molar-refractivity contribution in [3.05, 3.63) is 0 Å². The first-order chi connectivity index (χ1) is 9.02. The van der Waals surface area contributed by atoms with E-state index in [2.05, 4.69) is 0 Å². The van der Waals surface area contributed by atoms with Crippen LogP contribution in [0.1, 0.15) is 32.6 Å². The first kappa shape index (κ1) is 17.2. The molecule has 116 valence electrons. The third-order valence-electron chi connectivity index (χ3n) is 4.21. The molecule has 0 bridgehead atoms. The lowest BCUT2D eigenvalue weighted by Crippen LogP contribution is -2.51. The number of nitrogens with zero attached hydrogens (tertiary/aromatic N) is 1. The van der Waals surface area contributed by atoms with Crippen molar-refractivity contribution in [3.63, 3.8) is 0 Å². The number of hydrogen-bond donors (Lipinski definition) is 2. The van der Waals surface area contributed by atoms with E-state index >= 15 is 0 Å². The molecule has 4 atom stereocenters. The Balaban J connectivity index is 0.00000200. The maximum Gasteiger partial charge on any atom is 0.251 e. The maximum absolute atomic E-state index is 12.4. The SMILES string of the molecule is CC1CCC(C(N)=O)CN1C(=O)[C@@H]1CC[C@H](CN)O1.Cl. The standard InChI is InChI=1S/C13H23N3O3.ClH/c1-8-2-3-9(12(15)17)7-16(8)13(18)11-5-4-10(6-14)19-11;/h8-11H,2-7,14H2,1H3,(H2,15,17);1H/t8?,9?,10-,11+;/m1./s1. The fourth-order valence-electron chi connectivity index (χ4n) is 2.89. The third-order valence-corrected chi connectivity index (χ3v) is 4.21. The Morgan fingerprint density at radius 1 is 1.25 bits per heavy atom. The van der Waals surface area contributed by atoms with Crippen molar-refractivity contribution in [1.82, 2.24) is 4.90 Å². The Kier molecular flexibility index (Phi) is 6.23. The molecule has 2 unspecified atom stereocenters. The molecular formula is C13H24ClN3O3. The van der Waals surface area contributed by atoms with Gasteiger partial charge >= 0.3 is 0 Å². The summed E-state index contributed by atoms with van der Waals surface area (Å²) in [5.74, 6) is -0.571. The number of ether oxygens (including phenoxy) is 1. The van der Waals surface area contributed by atoms with Gasteiger partial charge in [0.2, 0.25) is 5.91 Å². The summed E-state index contributed by atoms with van der Waals surface area (Å²) in [6, 6.07) is 0.142. The number of hydrogen-bond acceptors (Lipinski definition) is 4. The van der Waals surface area contributed by atoms with Gasteiger partial charge in [0.15, 0.2) is 0 Å². The van der Waals surface area contributed by atoms with Gasteiger partial charge in [-0.1, -0.05) is 0 Å². The lowest BCUT2D eigenvalue weighted by molar-refractivity contribution is -0.148. The molecule has 0 aromatic rings. The lowest BCUT2D eigenvalue weighted by atomic mass is 9.92. The molecule has 2 amide bonds. The van der Waals surface area contributed by atoms with E-state index in [-0.39, 0.29) is 42.3 Å². The van der Waals surface area contributed by atoms with Crippen molar-refractivity contribution in [2.75, 3.05) is 13.1 Å². The van der Waals surface area contributed by atoms with Crippen LogP contribution in [0, 0.1) is 5.92 Å². The Morgan fingerprint density at radius 2 is 1.95 bits per heavy atom. The van der Waals surface area contributed by atoms with Gasteiger partial charge in [-0.2, -0.15) is 0 Å². The van der Waals surface area contributed by atoms with E-state index in [4.69, 9.17) is 16.2 Å². The van der Waals surface area contributed by atoms with Gasteiger partial charge < -0.3 is 21.1 Å². The van der Waals surface area contributed by atoms with Crippen LogP contribution < -0.4 is 11.5 Å². The number of piperidine rings is 1. The van der Waals surface area contributed by atoms with E-state index in [0.29, 0.717) is 19.5 Å². The number of carbonyl (C=O) groups excluding carboxylic acids is 2. The molecule has 2 aliphatic rings. The summed E-state index contributed by atoms with van der Waals surface area (Å²) in [4.78, 5) is 25.5. The second-order valence-corrected chi connectivity index (χ2v) is 5.58. The monoisotopic (exact) mass is 305 g/mol. The van der Waals surface area contributed by atoms with Gasteiger partial charge in [0.25, 0.3) is 5.91 Å². The van der Waals surface area contributed by atoms with Gasteiger partial charge in [0.05, 0.1) is 12.0 Å². The topological polar surface area (TPSA) is 98.7 Å². The van der Waals surface area contributed by atoms with E-state index < -0.39 is 6.10 Å². The molecule has 2 aliphatic heterocycles. The van der Waals surface area contributed by atoms with Crippen molar-refractivity contribution >= 4 is 24.2 Å². The minimum Gasteiger partial charge on any atom is -0.369 e. The Morgan fingerprint density at radius 3 is 2.50 bits per heavy atom. The molecular weight excluding hydrogens is 282 g/mol. The van der Waals surface area contributed by atoms with Crippen LogP contribution in [-0.4, -0.2) is 48.1 Å². The van der Waals surface area contributed by atoms with E-state index in [0.717, 1.165) is 19.3 Å². The molecule has 0 aromatic heterocycles. The summed E-state index contributed by atoms with van der Waals surface area (Å²) >= 11 is 0. The van der Waals surface area contributed by atoms with Crippen LogP contribution in [0.3, 0.4) is 0 Å². The second-order valence-electron chi connectivity index (χ2n) is 5.58. The van der Waals surface area contributed by atoms with Crippen molar-refractivity contribution < 1.29 is 14.3 Å². The van der Waals surface area contributed by atoms with Crippen molar-refractivity contribution in [3.8, 4) is 0 Å². The maximum atomic E-state index is 12.4. The predicted octanol–water partition coefficient (Wildman–Crippen LogP) is 0.0269. The number of primary amides is 1. The van der Waals surface area contributed by atoms with Gasteiger partial charge in [-0.25, -0.2) is 0 Å². The van der Waals surface area contributed by atoms with Crippen LogP contribution in [0.2, 0.25) is 0 Å². The zero-order valence-electron chi connectivity index (χ0n) is 11.8. The molecule has 0 radical (unpaired) electrons. The molecule has 2 fully saturated rings. The number of rotatable bonds is 3. The molecule has 0 aliphatic carbocycles. The van der Waals surface area contributed by atoms with Gasteiger partial charge in [-0.05, 0) is 32.6 Å². The van der Waals surface area contributed by atoms with Gasteiger partial charge in [0.1, 0.15) is 6.10 Å². The number of halogens is 1. The fourth-order valence-corrected chi connectivity index (χ4v) is 2.89. The van der Waals surface area contributed by atoms with Crippen LogP contribution in [-0.2, 0) is 14.3 Å². The van der Waals surface area contributed by atoms with Crippen LogP contribution in [0.25, 0.3) is 0 Å². The highest BCUT2D eigenvalue weighted by Crippen LogP contribution is 2.26. The van der Waals surface area contributed by atoms with Crippen LogP contribution in [0.15, 0.2) is 0 Å². The minimum atomic E-state index is -0.400. The molecule has 20 heavy (non-hydrogen) atoms. The van der Waals surface area contributed by atoms with Gasteiger partial charge in [-0.15, -0.1) is 12.4 Å². The average molecular weight is 306 g/mol. The summed E-state index contributed by atoms with van der Waals surface area (Å²) in [5, 5.41) is 0. The quantitative estimate of drug-likeness (QED) is 0.768. The van der Waals surface area contributed by atoms with Gasteiger partial charge in [-0.3, -0.25) is 9.59 Å². The van der Waals surface area contributed by atoms with Crippen LogP contribution in [0.4, 0.5) is 0 Å². The van der Waals surface area contributed by atoms with Crippen LogP contribution >= 0.6 is 12.4 Å². The Bertz CT molecular complexity index is 367. The summed E-state index contributed by atoms with van der Waals surface area (Å²) < 4.78 is 5.64. The number of nitrogens with two attached hydrogens (primary N) is 2. The fraction of sp³-hybridized carbons (Fsp3) is 0.846. The van der Waals surface area contributed by atoms with E-state index in [1.165, 1.54) is 0 Å². The summed E-state index contributed by atoms with van der Waals surface area (Å²) in [6.45, 7) is 2.87. The average Bonchev–Trinajstić information content (AvgIpc) is 2.87. The Hall–Kier alpha value is -0.850. The van der Waals surface area contributed by atoms with Crippen molar-refractivity contribution in [2.24, 2.45) is 17.4 Å². The minimum absolute atomic E-state index is 0. The van der Waals surface area contributed by atoms with E-state index in [9.17, 15) is 9.59 Å². The molecule has 2 heterocycles. The largest absolute Gasteiger partial charge is 0.369 e. The molecule has 0 spiro atoms. The summed E-state index contributed by atoms with van der Waals surface area (Å²) in [6.07, 6.45) is 2.70. The number of amides is 2. The molecule has 4 N–H and O–H groups in total. The molecule has 0 aromatic carbocycles. The second kappa shape index (κ2) is 7.24. The third kappa shape index (κ3) is 3.62.